The molecular weight excluding hydrogens is 394 g/mol. The van der Waals surface area contributed by atoms with Crippen molar-refractivity contribution in [2.24, 2.45) is 0 Å². The summed E-state index contributed by atoms with van der Waals surface area (Å²) in [6, 6.07) is 0. The molecule has 0 aromatic carbocycles. The van der Waals surface area contributed by atoms with Gasteiger partial charge >= 0.3 is 0 Å². The monoisotopic (exact) mass is 451 g/mol. The Hall–Kier alpha value is -0.640. The van der Waals surface area contributed by atoms with E-state index in [-0.39, 0.29) is 6.29 Å². The van der Waals surface area contributed by atoms with Crippen molar-refractivity contribution in [2.45, 2.75) is 129 Å². The summed E-state index contributed by atoms with van der Waals surface area (Å²) in [5, 5.41) is 0. The van der Waals surface area contributed by atoms with Crippen molar-refractivity contribution < 1.29 is 9.47 Å². The van der Waals surface area contributed by atoms with Gasteiger partial charge in [-0.15, -0.1) is 0 Å². The minimum absolute atomic E-state index is 0.0749. The van der Waals surface area contributed by atoms with Gasteiger partial charge in [-0.2, -0.15) is 0 Å². The van der Waals surface area contributed by atoms with Crippen molar-refractivity contribution in [2.75, 3.05) is 33.9 Å². The fourth-order valence-electron chi connectivity index (χ4n) is 3.68. The Balaban J connectivity index is 3.53. The lowest BCUT2D eigenvalue weighted by Gasteiger charge is -2.22. The first-order valence-electron chi connectivity index (χ1n) is 13.9. The third kappa shape index (κ3) is 25.6. The molecule has 0 rings (SSSR count). The van der Waals surface area contributed by atoms with Gasteiger partial charge in [0, 0.05) is 19.8 Å². The van der Waals surface area contributed by atoms with E-state index in [1.807, 2.05) is 0 Å². The van der Waals surface area contributed by atoms with Gasteiger partial charge in [0.25, 0.3) is 0 Å². The first-order valence-corrected chi connectivity index (χ1v) is 13.9. The Bertz CT molecular complexity index is 406. The molecule has 0 aliphatic carbocycles. The zero-order chi connectivity index (χ0) is 23.5. The summed E-state index contributed by atoms with van der Waals surface area (Å²) >= 11 is 0. The molecule has 0 aromatic heterocycles. The predicted molar refractivity (Wildman–Crippen MR) is 142 cm³/mol. The normalized spacial score (nSPS) is 13.2. The first kappa shape index (κ1) is 31.4. The summed E-state index contributed by atoms with van der Waals surface area (Å²) < 4.78 is 12.0. The number of allylic oxidation sites excluding steroid dienone is 4. The Morgan fingerprint density at radius 1 is 0.562 bits per heavy atom. The van der Waals surface area contributed by atoms with Crippen LogP contribution in [0.1, 0.15) is 123 Å². The minimum Gasteiger partial charge on any atom is -0.351 e. The molecule has 3 heteroatoms. The van der Waals surface area contributed by atoms with Gasteiger partial charge in [-0.1, -0.05) is 102 Å². The highest BCUT2D eigenvalue weighted by Gasteiger charge is 2.10. The van der Waals surface area contributed by atoms with E-state index in [1.54, 1.807) is 0 Å². The lowest BCUT2D eigenvalue weighted by atomic mass is 10.1. The maximum Gasteiger partial charge on any atom is 0.170 e. The second kappa shape index (κ2) is 26.6. The van der Waals surface area contributed by atoms with Crippen molar-refractivity contribution in [3.63, 3.8) is 0 Å². The molecular formula is C29H57NO2. The second-order valence-corrected chi connectivity index (χ2v) is 9.43. The van der Waals surface area contributed by atoms with Gasteiger partial charge in [-0.3, -0.25) is 0 Å². The number of hydrogen-bond acceptors (Lipinski definition) is 3. The van der Waals surface area contributed by atoms with Crippen LogP contribution in [-0.2, 0) is 9.47 Å². The van der Waals surface area contributed by atoms with Crippen LogP contribution in [0.2, 0.25) is 0 Å². The van der Waals surface area contributed by atoms with E-state index >= 15 is 0 Å². The number of likely N-dealkylation sites (N-methyl/N-ethyl adjacent to an activating group) is 1. The molecule has 1 atom stereocenters. The molecule has 0 aliphatic rings. The zero-order valence-corrected chi connectivity index (χ0v) is 22.3. The summed E-state index contributed by atoms with van der Waals surface area (Å²) in [5.41, 5.74) is 0. The lowest BCUT2D eigenvalue weighted by Crippen LogP contribution is -2.31. The standard InChI is InChI=1S/C29H57NO2/c1-5-7-9-11-12-13-14-15-16-17-18-19-20-21-23-25-27-32-29(28-30(3)4)31-26-24-22-10-8-6-2/h12-13,15-16,29H,5-11,14,17-28H2,1-4H3/b13-12-,16-15-. The number of ether oxygens (including phenoxy) is 2. The topological polar surface area (TPSA) is 21.7 Å². The predicted octanol–water partition coefficient (Wildman–Crippen LogP) is 8.69. The smallest absolute Gasteiger partial charge is 0.170 e. The van der Waals surface area contributed by atoms with Gasteiger partial charge in [0.15, 0.2) is 6.29 Å². The summed E-state index contributed by atoms with van der Waals surface area (Å²) in [5.74, 6) is 0. The highest BCUT2D eigenvalue weighted by molar-refractivity contribution is 4.92. The van der Waals surface area contributed by atoms with Gasteiger partial charge in [0.2, 0.25) is 0 Å². The number of unbranched alkanes of at least 4 members (excludes halogenated alkanes) is 13. The van der Waals surface area contributed by atoms with E-state index in [9.17, 15) is 0 Å². The SMILES string of the molecule is CCCCC/C=C\C/C=C\CCCCCCCCOC(CN(C)C)OCCCCCCC. The number of hydrogen-bond donors (Lipinski definition) is 0. The molecule has 32 heavy (non-hydrogen) atoms. The molecule has 0 saturated carbocycles. The Kier molecular flexibility index (Phi) is 26.1. The van der Waals surface area contributed by atoms with Gasteiger partial charge in [0.1, 0.15) is 0 Å². The summed E-state index contributed by atoms with van der Waals surface area (Å²) in [7, 11) is 4.17. The Labute approximate surface area is 202 Å². The average molecular weight is 452 g/mol. The van der Waals surface area contributed by atoms with Crippen molar-refractivity contribution >= 4 is 0 Å². The molecule has 0 fully saturated rings. The van der Waals surface area contributed by atoms with Crippen molar-refractivity contribution in [3.05, 3.63) is 24.3 Å². The van der Waals surface area contributed by atoms with E-state index in [0.29, 0.717) is 0 Å². The first-order chi connectivity index (χ1) is 15.7. The van der Waals surface area contributed by atoms with E-state index < -0.39 is 0 Å². The van der Waals surface area contributed by atoms with Crippen LogP contribution in [0.25, 0.3) is 0 Å². The van der Waals surface area contributed by atoms with Crippen LogP contribution in [0.15, 0.2) is 24.3 Å². The Morgan fingerprint density at radius 3 is 1.53 bits per heavy atom. The quantitative estimate of drug-likeness (QED) is 0.0787. The maximum absolute atomic E-state index is 6.02. The van der Waals surface area contributed by atoms with E-state index in [2.05, 4.69) is 57.1 Å². The third-order valence-corrected chi connectivity index (χ3v) is 5.71. The van der Waals surface area contributed by atoms with Crippen LogP contribution >= 0.6 is 0 Å². The van der Waals surface area contributed by atoms with Crippen LogP contribution < -0.4 is 0 Å². The summed E-state index contributed by atoms with van der Waals surface area (Å²) in [4.78, 5) is 2.15. The maximum atomic E-state index is 6.02. The van der Waals surface area contributed by atoms with Crippen LogP contribution in [0, 0.1) is 0 Å². The fraction of sp³-hybridized carbons (Fsp3) is 0.862. The molecule has 190 valence electrons. The van der Waals surface area contributed by atoms with Crippen LogP contribution in [0.5, 0.6) is 0 Å². The number of rotatable bonds is 25. The molecule has 0 amide bonds. The van der Waals surface area contributed by atoms with E-state index in [1.165, 1.54) is 89.9 Å². The minimum atomic E-state index is -0.0749. The number of nitrogens with zero attached hydrogens (tertiary/aromatic N) is 1. The molecule has 1 unspecified atom stereocenters. The van der Waals surface area contributed by atoms with E-state index in [4.69, 9.17) is 9.47 Å². The molecule has 0 N–H and O–H groups in total. The molecule has 0 aliphatic heterocycles. The molecule has 0 aromatic rings. The van der Waals surface area contributed by atoms with Crippen molar-refractivity contribution in [1.82, 2.24) is 4.90 Å². The molecule has 0 radical (unpaired) electrons. The van der Waals surface area contributed by atoms with Gasteiger partial charge < -0.3 is 14.4 Å². The largest absolute Gasteiger partial charge is 0.351 e. The second-order valence-electron chi connectivity index (χ2n) is 9.43. The highest BCUT2D eigenvalue weighted by Crippen LogP contribution is 2.10. The van der Waals surface area contributed by atoms with Crippen LogP contribution in [-0.4, -0.2) is 45.0 Å². The fourth-order valence-corrected chi connectivity index (χ4v) is 3.68. The molecule has 0 spiro atoms. The zero-order valence-electron chi connectivity index (χ0n) is 22.3. The molecule has 3 nitrogen and oxygen atoms in total. The third-order valence-electron chi connectivity index (χ3n) is 5.71. The average Bonchev–Trinajstić information content (AvgIpc) is 2.77. The lowest BCUT2D eigenvalue weighted by molar-refractivity contribution is -0.150. The van der Waals surface area contributed by atoms with E-state index in [0.717, 1.165) is 39.0 Å². The van der Waals surface area contributed by atoms with Crippen LogP contribution in [0.4, 0.5) is 0 Å². The summed E-state index contributed by atoms with van der Waals surface area (Å²) in [6.07, 6.45) is 31.0. The molecule has 0 bridgehead atoms. The van der Waals surface area contributed by atoms with Crippen LogP contribution in [0.3, 0.4) is 0 Å². The summed E-state index contributed by atoms with van der Waals surface area (Å²) in [6.45, 7) is 7.01. The van der Waals surface area contributed by atoms with Crippen molar-refractivity contribution in [3.8, 4) is 0 Å². The van der Waals surface area contributed by atoms with Gasteiger partial charge in [0.05, 0.1) is 0 Å². The Morgan fingerprint density at radius 2 is 1.00 bits per heavy atom. The highest BCUT2D eigenvalue weighted by atomic mass is 16.7. The molecule has 0 saturated heterocycles. The van der Waals surface area contributed by atoms with Gasteiger partial charge in [-0.25, -0.2) is 0 Å². The molecule has 0 heterocycles. The van der Waals surface area contributed by atoms with Gasteiger partial charge in [-0.05, 0) is 59.0 Å². The van der Waals surface area contributed by atoms with Crippen molar-refractivity contribution in [1.29, 1.82) is 0 Å².